The number of nitrogens with zero attached hydrogens (tertiary/aromatic N) is 1. The summed E-state index contributed by atoms with van der Waals surface area (Å²) in [6.45, 7) is 0. The third kappa shape index (κ3) is 2.30. The number of pyridine rings is 1. The largest absolute Gasteiger partial charge is 0.364 e. The second-order valence-corrected chi connectivity index (χ2v) is 3.45. The molecule has 1 aromatic carbocycles. The van der Waals surface area contributed by atoms with Crippen LogP contribution in [0.2, 0.25) is 0 Å². The van der Waals surface area contributed by atoms with Gasteiger partial charge < -0.3 is 10.2 Å². The monoisotopic (exact) mass is 237 g/mol. The molecular weight excluding hydrogens is 228 g/mol. The van der Waals surface area contributed by atoms with Gasteiger partial charge in [-0.1, -0.05) is 12.1 Å². The molecule has 0 aliphatic rings. The summed E-state index contributed by atoms with van der Waals surface area (Å²) in [5.74, 6) is -1.39. The second kappa shape index (κ2) is 4.57. The van der Waals surface area contributed by atoms with Crippen LogP contribution in [0.3, 0.4) is 0 Å². The van der Waals surface area contributed by atoms with Crippen molar-refractivity contribution in [1.29, 1.82) is 0 Å². The van der Waals surface area contributed by atoms with Crippen LogP contribution in [0.1, 0.15) is 11.9 Å². The van der Waals surface area contributed by atoms with Crippen molar-refractivity contribution in [2.45, 2.75) is 6.29 Å². The summed E-state index contributed by atoms with van der Waals surface area (Å²) in [5, 5.41) is 17.7. The van der Waals surface area contributed by atoms with E-state index in [9.17, 15) is 8.78 Å². The zero-order valence-electron chi connectivity index (χ0n) is 8.64. The molecule has 0 radical (unpaired) electrons. The van der Waals surface area contributed by atoms with Crippen molar-refractivity contribution in [3.63, 3.8) is 0 Å². The Kier molecular flexibility index (Phi) is 3.12. The summed E-state index contributed by atoms with van der Waals surface area (Å²) in [6.07, 6.45) is -0.707. The molecule has 2 rings (SSSR count). The van der Waals surface area contributed by atoms with Gasteiger partial charge in [0.05, 0.1) is 0 Å². The van der Waals surface area contributed by atoms with Gasteiger partial charge in [-0.25, -0.2) is 8.78 Å². The van der Waals surface area contributed by atoms with Gasteiger partial charge in [0, 0.05) is 17.3 Å². The molecule has 3 nitrogen and oxygen atoms in total. The summed E-state index contributed by atoms with van der Waals surface area (Å²) in [7, 11) is 0. The summed E-state index contributed by atoms with van der Waals surface area (Å²) in [5.41, 5.74) is -0.209. The van der Waals surface area contributed by atoms with Crippen molar-refractivity contribution < 1.29 is 19.0 Å². The summed E-state index contributed by atoms with van der Waals surface area (Å²) in [4.78, 5) is 3.70. The maximum absolute atomic E-state index is 13.6. The lowest BCUT2D eigenvalue weighted by Gasteiger charge is -2.07. The van der Waals surface area contributed by atoms with E-state index in [1.54, 1.807) is 6.07 Å². The van der Waals surface area contributed by atoms with E-state index in [0.717, 1.165) is 12.3 Å². The van der Waals surface area contributed by atoms with E-state index in [2.05, 4.69) is 4.98 Å². The zero-order valence-corrected chi connectivity index (χ0v) is 8.64. The van der Waals surface area contributed by atoms with Crippen LogP contribution in [-0.2, 0) is 0 Å². The fourth-order valence-corrected chi connectivity index (χ4v) is 1.45. The number of rotatable bonds is 2. The third-order valence-corrected chi connectivity index (χ3v) is 2.29. The first kappa shape index (κ1) is 11.6. The average Bonchev–Trinajstić information content (AvgIpc) is 2.30. The Morgan fingerprint density at radius 3 is 2.35 bits per heavy atom. The molecule has 17 heavy (non-hydrogen) atoms. The van der Waals surface area contributed by atoms with Gasteiger partial charge in [0.2, 0.25) is 0 Å². The van der Waals surface area contributed by atoms with Crippen LogP contribution in [0.4, 0.5) is 8.78 Å². The highest BCUT2D eigenvalue weighted by Crippen LogP contribution is 2.24. The Bertz CT molecular complexity index is 544. The molecule has 0 saturated heterocycles. The minimum absolute atomic E-state index is 0.0315. The van der Waals surface area contributed by atoms with E-state index in [1.165, 1.54) is 18.2 Å². The SMILES string of the molecule is OC(O)c1cnc(-c2ccccc2F)c(F)c1. The number of aromatic nitrogens is 1. The topological polar surface area (TPSA) is 53.4 Å². The fraction of sp³-hybridized carbons (Fsp3) is 0.0833. The van der Waals surface area contributed by atoms with Gasteiger partial charge in [-0.05, 0) is 18.2 Å². The quantitative estimate of drug-likeness (QED) is 0.785. The molecule has 1 heterocycles. The van der Waals surface area contributed by atoms with Crippen molar-refractivity contribution in [1.82, 2.24) is 4.98 Å². The number of hydrogen-bond donors (Lipinski definition) is 2. The summed E-state index contributed by atoms with van der Waals surface area (Å²) >= 11 is 0. The Morgan fingerprint density at radius 1 is 1.06 bits per heavy atom. The van der Waals surface area contributed by atoms with Crippen molar-refractivity contribution in [2.75, 3.05) is 0 Å². The lowest BCUT2D eigenvalue weighted by molar-refractivity contribution is -0.0429. The van der Waals surface area contributed by atoms with Gasteiger partial charge in [0.15, 0.2) is 6.29 Å². The molecule has 0 atom stereocenters. The first-order chi connectivity index (χ1) is 8.09. The standard InChI is InChI=1S/C12H9F2NO2/c13-9-4-2-1-3-8(9)11-10(14)5-7(6-15-11)12(16)17/h1-6,12,16-17H. The number of benzene rings is 1. The number of aliphatic hydroxyl groups excluding tert-OH is 1. The molecule has 0 aliphatic heterocycles. The van der Waals surface area contributed by atoms with Crippen molar-refractivity contribution in [2.24, 2.45) is 0 Å². The molecule has 2 aromatic rings. The predicted octanol–water partition coefficient (Wildman–Crippen LogP) is 2.01. The zero-order chi connectivity index (χ0) is 12.4. The molecule has 0 saturated carbocycles. The van der Waals surface area contributed by atoms with E-state index < -0.39 is 17.9 Å². The highest BCUT2D eigenvalue weighted by molar-refractivity contribution is 5.60. The van der Waals surface area contributed by atoms with E-state index in [1.807, 2.05) is 0 Å². The van der Waals surface area contributed by atoms with Crippen LogP contribution < -0.4 is 0 Å². The Balaban J connectivity index is 2.51. The van der Waals surface area contributed by atoms with Gasteiger partial charge in [0.25, 0.3) is 0 Å². The highest BCUT2D eigenvalue weighted by atomic mass is 19.1. The molecule has 0 bridgehead atoms. The minimum Gasteiger partial charge on any atom is -0.364 e. The van der Waals surface area contributed by atoms with Crippen molar-refractivity contribution in [3.8, 4) is 11.3 Å². The van der Waals surface area contributed by atoms with Crippen molar-refractivity contribution >= 4 is 0 Å². The van der Waals surface area contributed by atoms with Crippen LogP contribution in [-0.4, -0.2) is 15.2 Å². The van der Waals surface area contributed by atoms with Crippen molar-refractivity contribution in [3.05, 3.63) is 53.7 Å². The Labute approximate surface area is 96.0 Å². The number of aliphatic hydroxyl groups is 2. The van der Waals surface area contributed by atoms with E-state index in [4.69, 9.17) is 10.2 Å². The first-order valence-corrected chi connectivity index (χ1v) is 4.86. The number of halogens is 2. The average molecular weight is 237 g/mol. The van der Waals surface area contributed by atoms with Gasteiger partial charge in [-0.2, -0.15) is 0 Å². The van der Waals surface area contributed by atoms with Gasteiger partial charge in [-0.3, -0.25) is 4.98 Å². The van der Waals surface area contributed by atoms with E-state index in [0.29, 0.717) is 0 Å². The molecule has 0 spiro atoms. The molecule has 2 N–H and O–H groups in total. The molecule has 0 aliphatic carbocycles. The Morgan fingerprint density at radius 2 is 1.76 bits per heavy atom. The molecule has 1 aromatic heterocycles. The summed E-state index contributed by atoms with van der Waals surface area (Å²) in [6, 6.07) is 6.57. The van der Waals surface area contributed by atoms with Crippen LogP contribution in [0, 0.1) is 11.6 Å². The first-order valence-electron chi connectivity index (χ1n) is 4.86. The maximum atomic E-state index is 13.6. The lowest BCUT2D eigenvalue weighted by Crippen LogP contribution is -1.99. The van der Waals surface area contributed by atoms with Gasteiger partial charge in [0.1, 0.15) is 17.3 Å². The normalized spacial score (nSPS) is 10.9. The van der Waals surface area contributed by atoms with Crippen LogP contribution in [0.15, 0.2) is 36.5 Å². The molecular formula is C12H9F2NO2. The van der Waals surface area contributed by atoms with Gasteiger partial charge >= 0.3 is 0 Å². The predicted molar refractivity (Wildman–Crippen MR) is 56.8 cm³/mol. The third-order valence-electron chi connectivity index (χ3n) is 2.29. The van der Waals surface area contributed by atoms with E-state index in [-0.39, 0.29) is 16.8 Å². The molecule has 88 valence electrons. The maximum Gasteiger partial charge on any atom is 0.180 e. The molecule has 0 fully saturated rings. The lowest BCUT2D eigenvalue weighted by atomic mass is 10.1. The second-order valence-electron chi connectivity index (χ2n) is 3.45. The van der Waals surface area contributed by atoms with Crippen LogP contribution >= 0.6 is 0 Å². The fourth-order valence-electron chi connectivity index (χ4n) is 1.45. The molecule has 0 amide bonds. The molecule has 0 unspecified atom stereocenters. The Hall–Kier alpha value is -1.85. The summed E-state index contributed by atoms with van der Waals surface area (Å²) < 4.78 is 27.0. The smallest absolute Gasteiger partial charge is 0.180 e. The van der Waals surface area contributed by atoms with Gasteiger partial charge in [-0.15, -0.1) is 0 Å². The van der Waals surface area contributed by atoms with E-state index >= 15 is 0 Å². The highest BCUT2D eigenvalue weighted by Gasteiger charge is 2.13. The van der Waals surface area contributed by atoms with Crippen LogP contribution in [0.5, 0.6) is 0 Å². The number of hydrogen-bond acceptors (Lipinski definition) is 3. The molecule has 5 heteroatoms. The minimum atomic E-state index is -1.80. The van der Waals surface area contributed by atoms with Crippen LogP contribution in [0.25, 0.3) is 11.3 Å².